The molecule has 0 aromatic heterocycles. The fraction of sp³-hybridized carbons (Fsp3) is 0.632. The minimum absolute atomic E-state index is 0. The Hall–Kier alpha value is -1.22. The molecular formula is C19H30IN3O3. The lowest BCUT2D eigenvalue weighted by atomic mass is 9.87. The van der Waals surface area contributed by atoms with Gasteiger partial charge in [0.1, 0.15) is 11.5 Å². The topological polar surface area (TPSA) is 55.3 Å². The van der Waals surface area contributed by atoms with Crippen LogP contribution < -0.4 is 14.8 Å². The zero-order valence-electron chi connectivity index (χ0n) is 15.7. The van der Waals surface area contributed by atoms with Crippen molar-refractivity contribution in [3.8, 4) is 11.5 Å². The number of rotatable bonds is 6. The second kappa shape index (κ2) is 10.2. The number of benzene rings is 1. The summed E-state index contributed by atoms with van der Waals surface area (Å²) in [6, 6.07) is 7.70. The number of methoxy groups -OCH3 is 1. The van der Waals surface area contributed by atoms with E-state index in [-0.39, 0.29) is 24.0 Å². The fourth-order valence-electron chi connectivity index (χ4n) is 3.57. The molecule has 0 radical (unpaired) electrons. The predicted molar refractivity (Wildman–Crippen MR) is 114 cm³/mol. The van der Waals surface area contributed by atoms with Crippen LogP contribution >= 0.6 is 24.0 Å². The van der Waals surface area contributed by atoms with Crippen molar-refractivity contribution >= 4 is 29.9 Å². The number of hydrogen-bond donors (Lipinski definition) is 1. The molecule has 1 aromatic rings. The molecule has 2 fully saturated rings. The van der Waals surface area contributed by atoms with Crippen LogP contribution in [0.4, 0.5) is 0 Å². The minimum Gasteiger partial charge on any atom is -0.497 e. The van der Waals surface area contributed by atoms with Gasteiger partial charge in [-0.2, -0.15) is 0 Å². The number of ether oxygens (including phenoxy) is 3. The number of nitrogens with zero attached hydrogens (tertiary/aromatic N) is 2. The van der Waals surface area contributed by atoms with Crippen LogP contribution in [0.2, 0.25) is 0 Å². The molecule has 3 rings (SSSR count). The van der Waals surface area contributed by atoms with E-state index in [4.69, 9.17) is 14.2 Å². The molecule has 0 bridgehead atoms. The predicted octanol–water partition coefficient (Wildman–Crippen LogP) is 2.77. The summed E-state index contributed by atoms with van der Waals surface area (Å²) < 4.78 is 16.6. The number of hydrogen-bond acceptors (Lipinski definition) is 4. The summed E-state index contributed by atoms with van der Waals surface area (Å²) in [4.78, 5) is 6.80. The third-order valence-corrected chi connectivity index (χ3v) is 5.05. The van der Waals surface area contributed by atoms with Crippen molar-refractivity contribution < 1.29 is 14.2 Å². The second-order valence-electron chi connectivity index (χ2n) is 6.83. The highest BCUT2D eigenvalue weighted by atomic mass is 127. The van der Waals surface area contributed by atoms with Crippen molar-refractivity contribution in [1.82, 2.24) is 10.2 Å². The van der Waals surface area contributed by atoms with E-state index >= 15 is 0 Å². The first-order valence-electron chi connectivity index (χ1n) is 9.05. The first-order valence-corrected chi connectivity index (χ1v) is 9.05. The van der Waals surface area contributed by atoms with E-state index in [1.165, 1.54) is 12.8 Å². The quantitative estimate of drug-likeness (QED) is 0.297. The van der Waals surface area contributed by atoms with E-state index in [2.05, 4.69) is 15.2 Å². The van der Waals surface area contributed by atoms with Gasteiger partial charge >= 0.3 is 0 Å². The van der Waals surface area contributed by atoms with Gasteiger partial charge in [-0.05, 0) is 31.4 Å². The van der Waals surface area contributed by atoms with Gasteiger partial charge in [0.2, 0.25) is 0 Å². The summed E-state index contributed by atoms with van der Waals surface area (Å²) in [7, 11) is 3.51. The third kappa shape index (κ3) is 5.39. The van der Waals surface area contributed by atoms with Crippen molar-refractivity contribution in [2.45, 2.75) is 19.3 Å². The number of likely N-dealkylation sites (tertiary alicyclic amines) is 1. The summed E-state index contributed by atoms with van der Waals surface area (Å²) in [5.41, 5.74) is 0.354. The lowest BCUT2D eigenvalue weighted by Gasteiger charge is -2.24. The van der Waals surface area contributed by atoms with Gasteiger partial charge < -0.3 is 24.4 Å². The molecule has 0 amide bonds. The Kier molecular flexibility index (Phi) is 8.27. The maximum Gasteiger partial charge on any atom is 0.193 e. The molecule has 2 aliphatic rings. The Labute approximate surface area is 173 Å². The van der Waals surface area contributed by atoms with Crippen LogP contribution in [0, 0.1) is 5.41 Å². The molecular weight excluding hydrogens is 445 g/mol. The molecule has 2 aliphatic heterocycles. The SMILES string of the molecule is CN=C(NCCCOc1cccc(OC)c1)N1CCC2(CCOC2)C1.I. The molecule has 1 aromatic carbocycles. The normalized spacial score (nSPS) is 22.4. The van der Waals surface area contributed by atoms with Gasteiger partial charge in [-0.3, -0.25) is 4.99 Å². The molecule has 26 heavy (non-hydrogen) atoms. The van der Waals surface area contributed by atoms with Gasteiger partial charge in [-0.25, -0.2) is 0 Å². The van der Waals surface area contributed by atoms with Gasteiger partial charge in [-0.15, -0.1) is 24.0 Å². The van der Waals surface area contributed by atoms with Gasteiger partial charge in [0.05, 0.1) is 20.3 Å². The van der Waals surface area contributed by atoms with Crippen molar-refractivity contribution in [1.29, 1.82) is 0 Å². The van der Waals surface area contributed by atoms with E-state index < -0.39 is 0 Å². The highest BCUT2D eigenvalue weighted by molar-refractivity contribution is 14.0. The lowest BCUT2D eigenvalue weighted by molar-refractivity contribution is 0.156. The second-order valence-corrected chi connectivity index (χ2v) is 6.83. The number of nitrogens with one attached hydrogen (secondary N) is 1. The largest absolute Gasteiger partial charge is 0.497 e. The van der Waals surface area contributed by atoms with Crippen LogP contribution in [0.25, 0.3) is 0 Å². The van der Waals surface area contributed by atoms with Crippen molar-refractivity contribution in [2.24, 2.45) is 10.4 Å². The van der Waals surface area contributed by atoms with Gasteiger partial charge in [-0.1, -0.05) is 6.07 Å². The average molecular weight is 475 g/mol. The van der Waals surface area contributed by atoms with Crippen molar-refractivity contribution in [3.05, 3.63) is 24.3 Å². The Bertz CT molecular complexity index is 591. The van der Waals surface area contributed by atoms with Crippen molar-refractivity contribution in [3.63, 3.8) is 0 Å². The van der Waals surface area contributed by atoms with E-state index in [1.807, 2.05) is 31.3 Å². The Morgan fingerprint density at radius 2 is 2.19 bits per heavy atom. The van der Waals surface area contributed by atoms with Crippen molar-refractivity contribution in [2.75, 3.05) is 53.6 Å². The smallest absolute Gasteiger partial charge is 0.193 e. The highest BCUT2D eigenvalue weighted by Crippen LogP contribution is 2.38. The Morgan fingerprint density at radius 3 is 2.92 bits per heavy atom. The minimum atomic E-state index is 0. The zero-order valence-corrected chi connectivity index (χ0v) is 18.0. The molecule has 1 spiro atoms. The Morgan fingerprint density at radius 1 is 1.35 bits per heavy atom. The van der Waals surface area contributed by atoms with Crippen LogP contribution in [0.5, 0.6) is 11.5 Å². The van der Waals surface area contributed by atoms with Crippen LogP contribution in [-0.2, 0) is 4.74 Å². The molecule has 0 saturated carbocycles. The number of halogens is 1. The first kappa shape index (κ1) is 21.1. The van der Waals surface area contributed by atoms with E-state index in [0.717, 1.165) is 56.7 Å². The first-order chi connectivity index (χ1) is 12.2. The standard InChI is InChI=1S/C19H29N3O3.HI/c1-20-18(22-10-7-19(14-22)8-12-24-15-19)21-9-4-11-25-17-6-3-5-16(13-17)23-2;/h3,5-6,13H,4,7-12,14-15H2,1-2H3,(H,20,21);1H. The summed E-state index contributed by atoms with van der Waals surface area (Å²) >= 11 is 0. The van der Waals surface area contributed by atoms with Crippen LogP contribution in [0.3, 0.4) is 0 Å². The van der Waals surface area contributed by atoms with E-state index in [1.54, 1.807) is 7.11 Å². The van der Waals surface area contributed by atoms with Crippen LogP contribution in [-0.4, -0.2) is 64.5 Å². The fourth-order valence-corrected chi connectivity index (χ4v) is 3.57. The van der Waals surface area contributed by atoms with Gasteiger partial charge in [0, 0.05) is 44.8 Å². The monoisotopic (exact) mass is 475 g/mol. The van der Waals surface area contributed by atoms with Gasteiger partial charge in [0.15, 0.2) is 5.96 Å². The molecule has 6 nitrogen and oxygen atoms in total. The van der Waals surface area contributed by atoms with Gasteiger partial charge in [0.25, 0.3) is 0 Å². The average Bonchev–Trinajstić information content (AvgIpc) is 3.28. The van der Waals surface area contributed by atoms with E-state index in [0.29, 0.717) is 12.0 Å². The molecule has 2 heterocycles. The molecule has 2 saturated heterocycles. The van der Waals surface area contributed by atoms with Crippen LogP contribution in [0.1, 0.15) is 19.3 Å². The Balaban J connectivity index is 0.00000243. The molecule has 1 atom stereocenters. The molecule has 7 heteroatoms. The summed E-state index contributed by atoms with van der Waals surface area (Å²) in [5, 5.41) is 3.46. The highest BCUT2D eigenvalue weighted by Gasteiger charge is 2.42. The molecule has 0 aliphatic carbocycles. The molecule has 146 valence electrons. The lowest BCUT2D eigenvalue weighted by Crippen LogP contribution is -2.42. The molecule has 1 N–H and O–H groups in total. The molecule has 1 unspecified atom stereocenters. The number of aliphatic imine (C=N–C) groups is 1. The summed E-state index contributed by atoms with van der Waals surface area (Å²) in [6.07, 6.45) is 3.29. The summed E-state index contributed by atoms with van der Waals surface area (Å²) in [5.74, 6) is 2.64. The maximum atomic E-state index is 5.78. The zero-order chi connectivity index (χ0) is 17.5. The summed E-state index contributed by atoms with van der Waals surface area (Å²) in [6.45, 7) is 5.41. The third-order valence-electron chi connectivity index (χ3n) is 5.05. The van der Waals surface area contributed by atoms with Crippen LogP contribution in [0.15, 0.2) is 29.3 Å². The number of guanidine groups is 1. The maximum absolute atomic E-state index is 5.78. The van der Waals surface area contributed by atoms with E-state index in [9.17, 15) is 0 Å².